The molecule has 0 amide bonds. The average molecular weight is 298 g/mol. The van der Waals surface area contributed by atoms with E-state index in [4.69, 9.17) is 9.47 Å². The maximum Gasteiger partial charge on any atom is 0.338 e. The van der Waals surface area contributed by atoms with Crippen LogP contribution in [-0.4, -0.2) is 19.7 Å². The Morgan fingerprint density at radius 1 is 1.05 bits per heavy atom. The highest BCUT2D eigenvalue weighted by molar-refractivity contribution is 5.92. The molecule has 116 valence electrons. The van der Waals surface area contributed by atoms with Crippen molar-refractivity contribution in [1.82, 2.24) is 0 Å². The summed E-state index contributed by atoms with van der Waals surface area (Å²) in [6.07, 6.45) is 0.995. The number of carbonyl (C=O) groups excluding carboxylic acids is 1. The van der Waals surface area contributed by atoms with Gasteiger partial charge in [-0.05, 0) is 60.7 Å². The van der Waals surface area contributed by atoms with Gasteiger partial charge in [-0.1, -0.05) is 25.1 Å². The summed E-state index contributed by atoms with van der Waals surface area (Å²) in [5.74, 6) is 0.585. The van der Waals surface area contributed by atoms with Gasteiger partial charge in [-0.3, -0.25) is 0 Å². The van der Waals surface area contributed by atoms with Crippen molar-refractivity contribution in [3.63, 3.8) is 0 Å². The number of methoxy groups -OCH3 is 1. The van der Waals surface area contributed by atoms with Crippen molar-refractivity contribution in [2.75, 3.05) is 13.7 Å². The molecule has 0 N–H and O–H groups in total. The van der Waals surface area contributed by atoms with Crippen LogP contribution in [-0.2, 0) is 4.74 Å². The van der Waals surface area contributed by atoms with Crippen molar-refractivity contribution in [2.24, 2.45) is 0 Å². The van der Waals surface area contributed by atoms with Crippen LogP contribution in [0.5, 0.6) is 5.75 Å². The number of esters is 1. The highest BCUT2D eigenvalue weighted by atomic mass is 16.5. The van der Waals surface area contributed by atoms with Gasteiger partial charge in [-0.15, -0.1) is 0 Å². The standard InChI is InChI=1S/C19H22O3/c1-5-10-22-16-8-6-15(7-9-16)17-11-14(3)18(12-13(17)2)19(20)21-4/h6-9,11-12H,5,10H2,1-4H3. The van der Waals surface area contributed by atoms with E-state index < -0.39 is 0 Å². The molecule has 0 radical (unpaired) electrons. The Morgan fingerprint density at radius 2 is 1.73 bits per heavy atom. The van der Waals surface area contributed by atoms with E-state index >= 15 is 0 Å². The van der Waals surface area contributed by atoms with E-state index in [1.807, 2.05) is 50.2 Å². The lowest BCUT2D eigenvalue weighted by atomic mass is 9.95. The Bertz CT molecular complexity index is 657. The Kier molecular flexibility index (Phi) is 5.21. The van der Waals surface area contributed by atoms with Crippen LogP contribution in [0, 0.1) is 13.8 Å². The topological polar surface area (TPSA) is 35.5 Å². The summed E-state index contributed by atoms with van der Waals surface area (Å²) in [7, 11) is 1.40. The molecule has 0 saturated carbocycles. The van der Waals surface area contributed by atoms with Gasteiger partial charge in [0.1, 0.15) is 5.75 Å². The molecule has 2 aromatic carbocycles. The van der Waals surface area contributed by atoms with Crippen LogP contribution in [0.2, 0.25) is 0 Å². The van der Waals surface area contributed by atoms with E-state index in [1.54, 1.807) is 0 Å². The van der Waals surface area contributed by atoms with Crippen molar-refractivity contribution in [3.05, 3.63) is 53.1 Å². The highest BCUT2D eigenvalue weighted by Gasteiger charge is 2.12. The molecule has 3 nitrogen and oxygen atoms in total. The lowest BCUT2D eigenvalue weighted by Gasteiger charge is -2.12. The molecule has 0 aliphatic rings. The predicted octanol–water partition coefficient (Wildman–Crippen LogP) is 4.55. The Hall–Kier alpha value is -2.29. The van der Waals surface area contributed by atoms with E-state index in [2.05, 4.69) is 6.92 Å². The molecule has 0 aliphatic heterocycles. The van der Waals surface area contributed by atoms with Crippen LogP contribution in [0.1, 0.15) is 34.8 Å². The van der Waals surface area contributed by atoms with E-state index in [1.165, 1.54) is 7.11 Å². The zero-order valence-corrected chi connectivity index (χ0v) is 13.6. The molecule has 0 bridgehead atoms. The Balaban J connectivity index is 2.32. The summed E-state index contributed by atoms with van der Waals surface area (Å²) in [6.45, 7) is 6.74. The zero-order valence-electron chi connectivity index (χ0n) is 13.6. The van der Waals surface area contributed by atoms with Crippen molar-refractivity contribution >= 4 is 5.97 Å². The second-order valence-electron chi connectivity index (χ2n) is 5.35. The number of aryl methyl sites for hydroxylation is 2. The van der Waals surface area contributed by atoms with Crippen LogP contribution < -0.4 is 4.74 Å². The molecule has 2 rings (SSSR count). The molecule has 0 fully saturated rings. The van der Waals surface area contributed by atoms with Gasteiger partial charge in [-0.2, -0.15) is 0 Å². The minimum atomic E-state index is -0.296. The first-order chi connectivity index (χ1) is 10.6. The molecule has 2 aromatic rings. The van der Waals surface area contributed by atoms with Crippen LogP contribution >= 0.6 is 0 Å². The van der Waals surface area contributed by atoms with Crippen LogP contribution in [0.4, 0.5) is 0 Å². The third-order valence-corrected chi connectivity index (χ3v) is 3.61. The number of hydrogen-bond acceptors (Lipinski definition) is 3. The van der Waals surface area contributed by atoms with Crippen LogP contribution in [0.3, 0.4) is 0 Å². The Labute approximate surface area is 131 Å². The molecule has 0 heterocycles. The van der Waals surface area contributed by atoms with Crippen LogP contribution in [0.15, 0.2) is 36.4 Å². The molecule has 0 aromatic heterocycles. The lowest BCUT2D eigenvalue weighted by molar-refractivity contribution is 0.0600. The summed E-state index contributed by atoms with van der Waals surface area (Å²) in [5, 5.41) is 0. The molecule has 22 heavy (non-hydrogen) atoms. The van der Waals surface area contributed by atoms with E-state index in [0.717, 1.165) is 41.0 Å². The SMILES string of the molecule is CCCOc1ccc(-c2cc(C)c(C(=O)OC)cc2C)cc1. The molecular formula is C19H22O3. The number of carbonyl (C=O) groups is 1. The second kappa shape index (κ2) is 7.12. The second-order valence-corrected chi connectivity index (χ2v) is 5.35. The average Bonchev–Trinajstić information content (AvgIpc) is 2.54. The van der Waals surface area contributed by atoms with Gasteiger partial charge < -0.3 is 9.47 Å². The first-order valence-corrected chi connectivity index (χ1v) is 7.49. The smallest absolute Gasteiger partial charge is 0.338 e. The monoisotopic (exact) mass is 298 g/mol. The fourth-order valence-electron chi connectivity index (χ4n) is 2.41. The minimum absolute atomic E-state index is 0.296. The maximum absolute atomic E-state index is 11.7. The number of rotatable bonds is 5. The van der Waals surface area contributed by atoms with E-state index in [9.17, 15) is 4.79 Å². The fraction of sp³-hybridized carbons (Fsp3) is 0.316. The molecule has 0 saturated heterocycles. The van der Waals surface area contributed by atoms with Gasteiger partial charge in [0.2, 0.25) is 0 Å². The van der Waals surface area contributed by atoms with Crippen molar-refractivity contribution in [2.45, 2.75) is 27.2 Å². The first-order valence-electron chi connectivity index (χ1n) is 7.49. The summed E-state index contributed by atoms with van der Waals surface area (Å²) >= 11 is 0. The van der Waals surface area contributed by atoms with E-state index in [-0.39, 0.29) is 5.97 Å². The van der Waals surface area contributed by atoms with Gasteiger partial charge in [0.05, 0.1) is 19.3 Å². The summed E-state index contributed by atoms with van der Waals surface area (Å²) < 4.78 is 10.4. The van der Waals surface area contributed by atoms with Crippen LogP contribution in [0.25, 0.3) is 11.1 Å². The van der Waals surface area contributed by atoms with Crippen molar-refractivity contribution in [3.8, 4) is 16.9 Å². The van der Waals surface area contributed by atoms with E-state index in [0.29, 0.717) is 5.56 Å². The Morgan fingerprint density at radius 3 is 2.32 bits per heavy atom. The zero-order chi connectivity index (χ0) is 16.1. The third-order valence-electron chi connectivity index (χ3n) is 3.61. The molecule has 0 spiro atoms. The maximum atomic E-state index is 11.7. The highest BCUT2D eigenvalue weighted by Crippen LogP contribution is 2.28. The molecule has 0 atom stereocenters. The van der Waals surface area contributed by atoms with Crippen molar-refractivity contribution < 1.29 is 14.3 Å². The van der Waals surface area contributed by atoms with Gasteiger partial charge in [-0.25, -0.2) is 4.79 Å². The quantitative estimate of drug-likeness (QED) is 0.760. The van der Waals surface area contributed by atoms with Gasteiger partial charge in [0.15, 0.2) is 0 Å². The number of ether oxygens (including phenoxy) is 2. The lowest BCUT2D eigenvalue weighted by Crippen LogP contribution is -2.04. The number of hydrogen-bond donors (Lipinski definition) is 0. The van der Waals surface area contributed by atoms with Gasteiger partial charge >= 0.3 is 5.97 Å². The minimum Gasteiger partial charge on any atom is -0.494 e. The summed E-state index contributed by atoms with van der Waals surface area (Å²) in [4.78, 5) is 11.7. The fourth-order valence-corrected chi connectivity index (χ4v) is 2.41. The predicted molar refractivity (Wildman–Crippen MR) is 88.5 cm³/mol. The van der Waals surface area contributed by atoms with Gasteiger partial charge in [0.25, 0.3) is 0 Å². The molecule has 3 heteroatoms. The largest absolute Gasteiger partial charge is 0.494 e. The summed E-state index contributed by atoms with van der Waals surface area (Å²) in [6, 6.07) is 12.0. The molecule has 0 aliphatic carbocycles. The normalized spacial score (nSPS) is 10.4. The van der Waals surface area contributed by atoms with Crippen molar-refractivity contribution in [1.29, 1.82) is 0 Å². The molecular weight excluding hydrogens is 276 g/mol. The first kappa shape index (κ1) is 16.1. The number of benzene rings is 2. The molecule has 0 unspecified atom stereocenters. The third kappa shape index (κ3) is 3.48. The summed E-state index contributed by atoms with van der Waals surface area (Å²) in [5.41, 5.74) is 4.81. The van der Waals surface area contributed by atoms with Gasteiger partial charge in [0, 0.05) is 0 Å².